The molecule has 0 aliphatic rings. The van der Waals surface area contributed by atoms with E-state index in [9.17, 15) is 4.79 Å². The topological polar surface area (TPSA) is 29.4 Å². The lowest BCUT2D eigenvalue weighted by molar-refractivity contribution is -0.111. The Balaban J connectivity index is 0.00000154. The molecular formula is C17H27NO. The number of ketones is 1. The number of carbonyl (C=O) groups excluding carboxylic acids is 1. The Morgan fingerprint density at radius 2 is 1.68 bits per heavy atom. The van der Waals surface area contributed by atoms with Crippen molar-refractivity contribution in [2.75, 3.05) is 6.54 Å². The van der Waals surface area contributed by atoms with Crippen LogP contribution in [0.3, 0.4) is 0 Å². The molecule has 1 aromatic rings. The Kier molecular flexibility index (Phi) is 10.8. The summed E-state index contributed by atoms with van der Waals surface area (Å²) in [5.41, 5.74) is 1.54. The molecule has 2 heteroatoms. The largest absolute Gasteiger partial charge is 0.293 e. The molecule has 0 saturated carbocycles. The van der Waals surface area contributed by atoms with Crippen molar-refractivity contribution >= 4 is 11.5 Å². The van der Waals surface area contributed by atoms with Gasteiger partial charge in [-0.05, 0) is 6.42 Å². The minimum atomic E-state index is 0.0479. The minimum Gasteiger partial charge on any atom is -0.293 e. The lowest BCUT2D eigenvalue weighted by Gasteiger charge is -2.03. The summed E-state index contributed by atoms with van der Waals surface area (Å²) in [6, 6.07) is 9.69. The second kappa shape index (κ2) is 11.6. The van der Waals surface area contributed by atoms with Crippen LogP contribution in [0.15, 0.2) is 35.3 Å². The Morgan fingerprint density at radius 1 is 1.05 bits per heavy atom. The third-order valence-electron chi connectivity index (χ3n) is 2.66. The number of nitrogens with zero attached hydrogens (tertiary/aromatic N) is 1. The zero-order valence-corrected chi connectivity index (χ0v) is 12.8. The molecule has 19 heavy (non-hydrogen) atoms. The van der Waals surface area contributed by atoms with Crippen molar-refractivity contribution in [2.24, 2.45) is 4.99 Å². The van der Waals surface area contributed by atoms with Crippen LogP contribution in [0.2, 0.25) is 0 Å². The van der Waals surface area contributed by atoms with Crippen LogP contribution < -0.4 is 0 Å². The molecule has 0 aliphatic carbocycles. The third kappa shape index (κ3) is 7.55. The predicted molar refractivity (Wildman–Crippen MR) is 84.0 cm³/mol. The Hall–Kier alpha value is -1.44. The van der Waals surface area contributed by atoms with Gasteiger partial charge in [0, 0.05) is 19.0 Å². The quantitative estimate of drug-likeness (QED) is 0.518. The summed E-state index contributed by atoms with van der Waals surface area (Å²) in [6.07, 6.45) is 4.73. The van der Waals surface area contributed by atoms with Crippen LogP contribution in [0.1, 0.15) is 58.9 Å². The molecule has 0 radical (unpaired) electrons. The number of rotatable bonds is 7. The van der Waals surface area contributed by atoms with Crippen molar-refractivity contribution < 1.29 is 4.79 Å². The van der Waals surface area contributed by atoms with Gasteiger partial charge in [0.15, 0.2) is 5.78 Å². The predicted octanol–water partition coefficient (Wildman–Crippen LogP) is 4.67. The highest BCUT2D eigenvalue weighted by atomic mass is 16.1. The van der Waals surface area contributed by atoms with E-state index >= 15 is 0 Å². The highest BCUT2D eigenvalue weighted by Crippen LogP contribution is 2.04. The fourth-order valence-electron chi connectivity index (χ4n) is 1.73. The SMILES string of the molecule is CC.CCCCCCN=C(C(C)=O)c1ccccc1. The summed E-state index contributed by atoms with van der Waals surface area (Å²) in [5, 5.41) is 0. The molecule has 0 amide bonds. The van der Waals surface area contributed by atoms with Gasteiger partial charge < -0.3 is 0 Å². The van der Waals surface area contributed by atoms with Crippen molar-refractivity contribution in [2.45, 2.75) is 53.4 Å². The van der Waals surface area contributed by atoms with E-state index in [-0.39, 0.29) is 5.78 Å². The van der Waals surface area contributed by atoms with Gasteiger partial charge >= 0.3 is 0 Å². The highest BCUT2D eigenvalue weighted by Gasteiger charge is 2.07. The first-order valence-corrected chi connectivity index (χ1v) is 7.36. The van der Waals surface area contributed by atoms with E-state index < -0.39 is 0 Å². The molecular weight excluding hydrogens is 234 g/mol. The lowest BCUT2D eigenvalue weighted by atomic mass is 10.1. The summed E-state index contributed by atoms with van der Waals surface area (Å²) in [4.78, 5) is 16.0. The minimum absolute atomic E-state index is 0.0479. The van der Waals surface area contributed by atoms with Crippen molar-refractivity contribution in [1.29, 1.82) is 0 Å². The van der Waals surface area contributed by atoms with E-state index in [2.05, 4.69) is 11.9 Å². The van der Waals surface area contributed by atoms with Gasteiger partial charge in [0.1, 0.15) is 5.71 Å². The summed E-state index contributed by atoms with van der Waals surface area (Å²) >= 11 is 0. The van der Waals surface area contributed by atoms with Gasteiger partial charge in [-0.1, -0.05) is 70.4 Å². The maximum Gasteiger partial charge on any atom is 0.178 e. The molecule has 0 aromatic heterocycles. The maximum atomic E-state index is 11.5. The molecule has 0 N–H and O–H groups in total. The molecule has 0 aliphatic heterocycles. The first kappa shape index (κ1) is 17.6. The van der Waals surface area contributed by atoms with E-state index in [1.807, 2.05) is 44.2 Å². The van der Waals surface area contributed by atoms with Gasteiger partial charge in [-0.2, -0.15) is 0 Å². The first-order chi connectivity index (χ1) is 9.25. The fraction of sp³-hybridized carbons (Fsp3) is 0.529. The Labute approximate surface area is 118 Å². The number of hydrogen-bond donors (Lipinski definition) is 0. The standard InChI is InChI=1S/C15H21NO.C2H6/c1-3-4-5-9-12-16-15(13(2)17)14-10-7-6-8-11-14;1-2/h6-8,10-11H,3-5,9,12H2,1-2H3;1-2H3. The number of carbonyl (C=O) groups is 1. The molecule has 0 spiro atoms. The molecule has 0 bridgehead atoms. The van der Waals surface area contributed by atoms with Gasteiger partial charge in [-0.25, -0.2) is 0 Å². The zero-order chi connectivity index (χ0) is 14.5. The molecule has 1 aromatic carbocycles. The van der Waals surface area contributed by atoms with Crippen LogP contribution >= 0.6 is 0 Å². The van der Waals surface area contributed by atoms with Crippen LogP contribution in [0.25, 0.3) is 0 Å². The van der Waals surface area contributed by atoms with Gasteiger partial charge in [-0.15, -0.1) is 0 Å². The number of benzene rings is 1. The summed E-state index contributed by atoms with van der Waals surface area (Å²) < 4.78 is 0. The lowest BCUT2D eigenvalue weighted by Crippen LogP contribution is -2.12. The molecule has 1 rings (SSSR count). The Morgan fingerprint density at radius 3 is 2.21 bits per heavy atom. The molecule has 106 valence electrons. The fourth-order valence-corrected chi connectivity index (χ4v) is 1.73. The van der Waals surface area contributed by atoms with Gasteiger partial charge in [0.05, 0.1) is 0 Å². The first-order valence-electron chi connectivity index (χ1n) is 7.36. The Bertz CT molecular complexity index is 368. The van der Waals surface area contributed by atoms with Crippen molar-refractivity contribution in [3.05, 3.63) is 35.9 Å². The molecule has 0 fully saturated rings. The molecule has 0 heterocycles. The van der Waals surface area contributed by atoms with E-state index in [0.717, 1.165) is 18.5 Å². The van der Waals surface area contributed by atoms with Crippen LogP contribution in [0.4, 0.5) is 0 Å². The smallest absolute Gasteiger partial charge is 0.178 e. The van der Waals surface area contributed by atoms with Gasteiger partial charge in [0.25, 0.3) is 0 Å². The van der Waals surface area contributed by atoms with Crippen molar-refractivity contribution in [3.63, 3.8) is 0 Å². The molecule has 0 atom stereocenters. The molecule has 2 nitrogen and oxygen atoms in total. The summed E-state index contributed by atoms with van der Waals surface area (Å²) in [6.45, 7) is 8.52. The summed E-state index contributed by atoms with van der Waals surface area (Å²) in [7, 11) is 0. The monoisotopic (exact) mass is 261 g/mol. The zero-order valence-electron chi connectivity index (χ0n) is 12.8. The summed E-state index contributed by atoms with van der Waals surface area (Å²) in [5.74, 6) is 0.0479. The van der Waals surface area contributed by atoms with E-state index in [1.54, 1.807) is 6.92 Å². The maximum absolute atomic E-state index is 11.5. The van der Waals surface area contributed by atoms with Crippen LogP contribution in [-0.2, 0) is 4.79 Å². The average Bonchev–Trinajstić information content (AvgIpc) is 2.45. The highest BCUT2D eigenvalue weighted by molar-refractivity contribution is 6.45. The number of Topliss-reactive ketones (excluding diaryl/α,β-unsaturated/α-hetero) is 1. The number of unbranched alkanes of at least 4 members (excludes halogenated alkanes) is 3. The average molecular weight is 261 g/mol. The van der Waals surface area contributed by atoms with E-state index in [1.165, 1.54) is 19.3 Å². The van der Waals surface area contributed by atoms with E-state index in [4.69, 9.17) is 0 Å². The number of hydrogen-bond acceptors (Lipinski definition) is 2. The van der Waals surface area contributed by atoms with Crippen LogP contribution in [0, 0.1) is 0 Å². The molecule has 0 unspecified atom stereocenters. The number of aliphatic imine (C=N–C) groups is 1. The second-order valence-electron chi connectivity index (χ2n) is 4.21. The second-order valence-corrected chi connectivity index (χ2v) is 4.21. The normalized spacial score (nSPS) is 10.6. The molecule has 0 saturated heterocycles. The van der Waals surface area contributed by atoms with Crippen molar-refractivity contribution in [3.8, 4) is 0 Å². The van der Waals surface area contributed by atoms with Crippen LogP contribution in [0.5, 0.6) is 0 Å². The van der Waals surface area contributed by atoms with Gasteiger partial charge in [0.2, 0.25) is 0 Å². The van der Waals surface area contributed by atoms with Crippen LogP contribution in [-0.4, -0.2) is 18.0 Å². The van der Waals surface area contributed by atoms with E-state index in [0.29, 0.717) is 5.71 Å². The van der Waals surface area contributed by atoms with Gasteiger partial charge in [-0.3, -0.25) is 9.79 Å². The third-order valence-corrected chi connectivity index (χ3v) is 2.66. The van der Waals surface area contributed by atoms with Crippen molar-refractivity contribution in [1.82, 2.24) is 0 Å².